The Bertz CT molecular complexity index is 578. The van der Waals surface area contributed by atoms with Gasteiger partial charge in [-0.1, -0.05) is 19.3 Å². The van der Waals surface area contributed by atoms with Gasteiger partial charge < -0.3 is 9.47 Å². The molecule has 1 aromatic rings. The van der Waals surface area contributed by atoms with E-state index in [0.29, 0.717) is 0 Å². The Morgan fingerprint density at radius 1 is 0.846 bits per heavy atom. The molecule has 1 aliphatic carbocycles. The van der Waals surface area contributed by atoms with Crippen LogP contribution in [0.5, 0.6) is 11.5 Å². The Kier molecular flexibility index (Phi) is 5.70. The zero-order valence-electron chi connectivity index (χ0n) is 16.5. The molecule has 144 valence electrons. The van der Waals surface area contributed by atoms with Crippen molar-refractivity contribution in [1.29, 1.82) is 0 Å². The minimum atomic E-state index is 0.726. The molecule has 0 spiro atoms. The van der Waals surface area contributed by atoms with Crippen molar-refractivity contribution < 1.29 is 9.47 Å². The minimum absolute atomic E-state index is 0.726. The van der Waals surface area contributed by atoms with Gasteiger partial charge in [-0.25, -0.2) is 0 Å². The Morgan fingerprint density at radius 3 is 2.27 bits per heavy atom. The third-order valence-electron chi connectivity index (χ3n) is 6.83. The summed E-state index contributed by atoms with van der Waals surface area (Å²) in [4.78, 5) is 5.57. The van der Waals surface area contributed by atoms with E-state index in [-0.39, 0.29) is 0 Å². The van der Waals surface area contributed by atoms with Gasteiger partial charge in [-0.2, -0.15) is 0 Å². The molecule has 0 amide bonds. The molecule has 2 atom stereocenters. The van der Waals surface area contributed by atoms with E-state index in [9.17, 15) is 0 Å². The summed E-state index contributed by atoms with van der Waals surface area (Å²) in [6.07, 6.45) is 9.90. The molecule has 4 heteroatoms. The van der Waals surface area contributed by atoms with Gasteiger partial charge >= 0.3 is 0 Å². The van der Waals surface area contributed by atoms with Gasteiger partial charge in [0.05, 0.1) is 14.2 Å². The summed E-state index contributed by atoms with van der Waals surface area (Å²) in [5.41, 5.74) is 1.31. The van der Waals surface area contributed by atoms with Crippen LogP contribution in [-0.2, 0) is 6.54 Å². The van der Waals surface area contributed by atoms with Crippen molar-refractivity contribution >= 4 is 0 Å². The summed E-state index contributed by atoms with van der Waals surface area (Å²) in [5.74, 6) is 2.67. The quantitative estimate of drug-likeness (QED) is 0.796. The maximum Gasteiger partial charge on any atom is 0.122 e. The fraction of sp³-hybridized carbons (Fsp3) is 0.727. The summed E-state index contributed by atoms with van der Waals surface area (Å²) < 4.78 is 11.0. The van der Waals surface area contributed by atoms with Gasteiger partial charge in [0.15, 0.2) is 0 Å². The first kappa shape index (κ1) is 18.1. The molecular formula is C22H34N2O2. The maximum atomic E-state index is 5.49. The number of fused-ring (bicyclic) bond motifs is 1. The summed E-state index contributed by atoms with van der Waals surface area (Å²) in [5, 5.41) is 0. The Morgan fingerprint density at radius 2 is 1.58 bits per heavy atom. The highest BCUT2D eigenvalue weighted by atomic mass is 16.5. The summed E-state index contributed by atoms with van der Waals surface area (Å²) in [6, 6.07) is 7.84. The van der Waals surface area contributed by atoms with Gasteiger partial charge in [0, 0.05) is 37.8 Å². The average molecular weight is 359 g/mol. The standard InChI is InChI=1S/C22H34N2O2/c1-25-19-13-17(14-20(15-19)26-2)16-24-12-11-23-10-6-9-21(23)22(24)18-7-4-3-5-8-18/h13-15,18,21-22H,3-12,16H2,1-2H3/t21-,22-/m0/s1. The van der Waals surface area contributed by atoms with Crippen molar-refractivity contribution in [2.24, 2.45) is 5.92 Å². The van der Waals surface area contributed by atoms with Crippen LogP contribution in [0.25, 0.3) is 0 Å². The number of ether oxygens (including phenoxy) is 2. The van der Waals surface area contributed by atoms with Crippen LogP contribution in [0, 0.1) is 5.92 Å². The molecule has 3 aliphatic rings. The molecule has 4 rings (SSSR count). The van der Waals surface area contributed by atoms with Gasteiger partial charge in [0.25, 0.3) is 0 Å². The lowest BCUT2D eigenvalue weighted by molar-refractivity contribution is -0.00384. The predicted octanol–water partition coefficient (Wildman–Crippen LogP) is 3.93. The number of benzene rings is 1. The van der Waals surface area contributed by atoms with Crippen LogP contribution < -0.4 is 9.47 Å². The largest absolute Gasteiger partial charge is 0.497 e. The highest BCUT2D eigenvalue weighted by Gasteiger charge is 2.42. The van der Waals surface area contributed by atoms with Crippen LogP contribution in [0.15, 0.2) is 18.2 Å². The molecule has 4 nitrogen and oxygen atoms in total. The van der Waals surface area contributed by atoms with E-state index >= 15 is 0 Å². The van der Waals surface area contributed by atoms with Crippen molar-refractivity contribution in [2.75, 3.05) is 33.9 Å². The smallest absolute Gasteiger partial charge is 0.122 e. The number of hydrogen-bond donors (Lipinski definition) is 0. The highest BCUT2D eigenvalue weighted by molar-refractivity contribution is 5.38. The van der Waals surface area contributed by atoms with Crippen LogP contribution in [0.3, 0.4) is 0 Å². The van der Waals surface area contributed by atoms with Gasteiger partial charge in [0.1, 0.15) is 11.5 Å². The normalized spacial score (nSPS) is 28.1. The van der Waals surface area contributed by atoms with Gasteiger partial charge in [-0.05, 0) is 55.8 Å². The predicted molar refractivity (Wildman–Crippen MR) is 105 cm³/mol. The van der Waals surface area contributed by atoms with Crippen LogP contribution in [-0.4, -0.2) is 55.7 Å². The monoisotopic (exact) mass is 358 g/mol. The Balaban J connectivity index is 1.57. The molecule has 2 saturated heterocycles. The maximum absolute atomic E-state index is 5.49. The number of rotatable bonds is 5. The summed E-state index contributed by atoms with van der Waals surface area (Å²) in [7, 11) is 3.47. The second-order valence-corrected chi connectivity index (χ2v) is 8.33. The molecule has 2 heterocycles. The van der Waals surface area contributed by atoms with Crippen molar-refractivity contribution in [3.05, 3.63) is 23.8 Å². The molecule has 0 aromatic heterocycles. The highest BCUT2D eigenvalue weighted by Crippen LogP contribution is 2.38. The van der Waals surface area contributed by atoms with Gasteiger partial charge in [0.2, 0.25) is 0 Å². The molecular weight excluding hydrogens is 324 g/mol. The fourth-order valence-electron chi connectivity index (χ4n) is 5.63. The third kappa shape index (κ3) is 3.72. The molecule has 2 aliphatic heterocycles. The second kappa shape index (κ2) is 8.18. The number of hydrogen-bond acceptors (Lipinski definition) is 4. The number of nitrogens with zero attached hydrogens (tertiary/aromatic N) is 2. The van der Waals surface area contributed by atoms with E-state index in [0.717, 1.165) is 36.0 Å². The van der Waals surface area contributed by atoms with E-state index in [1.807, 2.05) is 6.07 Å². The van der Waals surface area contributed by atoms with E-state index < -0.39 is 0 Å². The molecule has 1 saturated carbocycles. The summed E-state index contributed by atoms with van der Waals surface area (Å²) in [6.45, 7) is 4.75. The van der Waals surface area contributed by atoms with E-state index in [4.69, 9.17) is 9.47 Å². The van der Waals surface area contributed by atoms with E-state index in [1.54, 1.807) is 14.2 Å². The van der Waals surface area contributed by atoms with Crippen molar-refractivity contribution in [3.63, 3.8) is 0 Å². The number of piperazine rings is 1. The van der Waals surface area contributed by atoms with E-state index in [1.165, 1.54) is 70.1 Å². The lowest BCUT2D eigenvalue weighted by atomic mass is 9.78. The molecule has 0 N–H and O–H groups in total. The molecule has 0 unspecified atom stereocenters. The van der Waals surface area contributed by atoms with Crippen molar-refractivity contribution in [1.82, 2.24) is 9.80 Å². The Labute approximate surface area is 158 Å². The molecule has 0 radical (unpaired) electrons. The van der Waals surface area contributed by atoms with Crippen LogP contribution in [0.2, 0.25) is 0 Å². The third-order valence-corrected chi connectivity index (χ3v) is 6.83. The van der Waals surface area contributed by atoms with E-state index in [2.05, 4.69) is 21.9 Å². The Hall–Kier alpha value is -1.26. The first-order valence-electron chi connectivity index (χ1n) is 10.5. The zero-order chi connectivity index (χ0) is 17.9. The summed E-state index contributed by atoms with van der Waals surface area (Å²) >= 11 is 0. The number of methoxy groups -OCH3 is 2. The average Bonchev–Trinajstić information content (AvgIpc) is 3.17. The minimum Gasteiger partial charge on any atom is -0.497 e. The fourth-order valence-corrected chi connectivity index (χ4v) is 5.63. The van der Waals surface area contributed by atoms with Crippen LogP contribution in [0.1, 0.15) is 50.5 Å². The van der Waals surface area contributed by atoms with Crippen molar-refractivity contribution in [2.45, 2.75) is 63.6 Å². The molecule has 0 bridgehead atoms. The lowest BCUT2D eigenvalue weighted by Crippen LogP contribution is -2.59. The topological polar surface area (TPSA) is 24.9 Å². The SMILES string of the molecule is COc1cc(CN2CCN3CCC[C@H]3[C@@H]2C2CCCCC2)cc(OC)c1. The molecule has 3 fully saturated rings. The van der Waals surface area contributed by atoms with Crippen LogP contribution in [0.4, 0.5) is 0 Å². The molecule has 1 aromatic carbocycles. The van der Waals surface area contributed by atoms with Crippen molar-refractivity contribution in [3.8, 4) is 11.5 Å². The first-order chi connectivity index (χ1) is 12.8. The lowest BCUT2D eigenvalue weighted by Gasteiger charge is -2.49. The first-order valence-corrected chi connectivity index (χ1v) is 10.5. The second-order valence-electron chi connectivity index (χ2n) is 8.33. The molecule has 26 heavy (non-hydrogen) atoms. The van der Waals surface area contributed by atoms with Crippen LogP contribution >= 0.6 is 0 Å². The zero-order valence-corrected chi connectivity index (χ0v) is 16.5. The van der Waals surface area contributed by atoms with Gasteiger partial charge in [-0.15, -0.1) is 0 Å². The van der Waals surface area contributed by atoms with Gasteiger partial charge in [-0.3, -0.25) is 9.80 Å².